The van der Waals surface area contributed by atoms with Crippen molar-refractivity contribution in [2.75, 3.05) is 19.5 Å². The molecule has 0 spiro atoms. The third-order valence-electron chi connectivity index (χ3n) is 1.61. The molecule has 0 saturated carbocycles. The van der Waals surface area contributed by atoms with Crippen LogP contribution in [0.3, 0.4) is 0 Å². The van der Waals surface area contributed by atoms with Crippen LogP contribution in [0, 0.1) is 0 Å². The zero-order valence-electron chi connectivity index (χ0n) is 8.54. The minimum absolute atomic E-state index is 0.385. The highest BCUT2D eigenvalue weighted by molar-refractivity contribution is 7.89. The maximum atomic E-state index is 11.2. The van der Waals surface area contributed by atoms with Gasteiger partial charge in [-0.25, -0.2) is 8.42 Å². The minimum atomic E-state index is -3.93. The summed E-state index contributed by atoms with van der Waals surface area (Å²) < 4.78 is 28.4. The van der Waals surface area contributed by atoms with Crippen LogP contribution in [0.25, 0.3) is 0 Å². The normalized spacial score (nSPS) is 13.1. The van der Waals surface area contributed by atoms with E-state index in [4.69, 9.17) is 10.2 Å². The lowest BCUT2D eigenvalue weighted by Gasteiger charge is -2.11. The van der Waals surface area contributed by atoms with E-state index in [9.17, 15) is 18.0 Å². The van der Waals surface area contributed by atoms with E-state index in [0.717, 1.165) is 7.11 Å². The van der Waals surface area contributed by atoms with E-state index in [0.29, 0.717) is 0 Å². The van der Waals surface area contributed by atoms with Gasteiger partial charge in [0.2, 0.25) is 10.0 Å². The van der Waals surface area contributed by atoms with Crippen molar-refractivity contribution in [2.24, 2.45) is 0 Å². The van der Waals surface area contributed by atoms with Gasteiger partial charge in [-0.3, -0.25) is 9.59 Å². The van der Waals surface area contributed by atoms with Crippen LogP contribution in [-0.4, -0.2) is 56.1 Å². The summed E-state index contributed by atoms with van der Waals surface area (Å²) in [4.78, 5) is 21.1. The van der Waals surface area contributed by atoms with Crippen LogP contribution in [-0.2, 0) is 24.3 Å². The second kappa shape index (κ2) is 6.40. The summed E-state index contributed by atoms with van der Waals surface area (Å²) in [5.74, 6) is -2.81. The fourth-order valence-corrected chi connectivity index (χ4v) is 1.92. The van der Waals surface area contributed by atoms with Crippen molar-refractivity contribution in [2.45, 2.75) is 12.5 Å². The second-order valence-corrected chi connectivity index (χ2v) is 4.71. The number of aliphatic hydroxyl groups excluding tert-OH is 1. The minimum Gasteiger partial charge on any atom is -0.480 e. The number of carbonyl (C=O) groups is 2. The van der Waals surface area contributed by atoms with E-state index in [1.807, 2.05) is 0 Å². The predicted octanol–water partition coefficient (Wildman–Crippen LogP) is -2.09. The van der Waals surface area contributed by atoms with Gasteiger partial charge < -0.3 is 14.9 Å². The topological polar surface area (TPSA) is 130 Å². The Hall–Kier alpha value is -1.19. The molecule has 0 aliphatic rings. The predicted molar refractivity (Wildman–Crippen MR) is 52.1 cm³/mol. The van der Waals surface area contributed by atoms with Crippen molar-refractivity contribution >= 4 is 22.0 Å². The maximum Gasteiger partial charge on any atom is 0.324 e. The number of ether oxygens (including phenoxy) is 1. The van der Waals surface area contributed by atoms with E-state index in [1.165, 1.54) is 0 Å². The molecule has 94 valence electrons. The van der Waals surface area contributed by atoms with Gasteiger partial charge in [-0.05, 0) is 0 Å². The van der Waals surface area contributed by atoms with Crippen molar-refractivity contribution in [3.8, 4) is 0 Å². The molecule has 0 fully saturated rings. The molecule has 16 heavy (non-hydrogen) atoms. The molecule has 0 rings (SSSR count). The van der Waals surface area contributed by atoms with Crippen LogP contribution < -0.4 is 4.72 Å². The molecular formula is C7H13NO7S. The number of esters is 1. The number of hydrogen-bond donors (Lipinski definition) is 3. The first-order valence-electron chi connectivity index (χ1n) is 4.23. The Morgan fingerprint density at radius 1 is 1.44 bits per heavy atom. The molecule has 0 radical (unpaired) electrons. The molecule has 0 aromatic carbocycles. The van der Waals surface area contributed by atoms with Gasteiger partial charge in [-0.1, -0.05) is 0 Å². The Morgan fingerprint density at radius 2 is 2.00 bits per heavy atom. The number of sulfonamides is 1. The molecule has 0 aliphatic heterocycles. The maximum absolute atomic E-state index is 11.2. The van der Waals surface area contributed by atoms with Crippen molar-refractivity contribution < 1.29 is 33.0 Å². The first-order valence-corrected chi connectivity index (χ1v) is 5.88. The molecule has 0 aliphatic carbocycles. The molecule has 3 N–H and O–H groups in total. The van der Waals surface area contributed by atoms with Crippen LogP contribution in [0.15, 0.2) is 0 Å². The van der Waals surface area contributed by atoms with E-state index >= 15 is 0 Å². The highest BCUT2D eigenvalue weighted by Crippen LogP contribution is 1.95. The van der Waals surface area contributed by atoms with Gasteiger partial charge in [-0.15, -0.1) is 0 Å². The van der Waals surface area contributed by atoms with Crippen LogP contribution in [0.1, 0.15) is 6.42 Å². The molecule has 0 amide bonds. The summed E-state index contributed by atoms with van der Waals surface area (Å²) in [5.41, 5.74) is 0. The molecule has 0 unspecified atom stereocenters. The quantitative estimate of drug-likeness (QED) is 0.445. The number of hydrogen-bond acceptors (Lipinski definition) is 6. The van der Waals surface area contributed by atoms with E-state index in [2.05, 4.69) is 4.74 Å². The average Bonchev–Trinajstić information content (AvgIpc) is 2.22. The lowest BCUT2D eigenvalue weighted by molar-refractivity contribution is -0.140. The van der Waals surface area contributed by atoms with Crippen LogP contribution in [0.2, 0.25) is 0 Å². The molecule has 0 saturated heterocycles. The molecule has 9 heteroatoms. The zero-order valence-corrected chi connectivity index (χ0v) is 9.36. The number of carbonyl (C=O) groups excluding carboxylic acids is 1. The number of methoxy groups -OCH3 is 1. The van der Waals surface area contributed by atoms with Gasteiger partial charge >= 0.3 is 11.9 Å². The number of nitrogens with one attached hydrogen (secondary N) is 1. The Kier molecular flexibility index (Phi) is 5.93. The lowest BCUT2D eigenvalue weighted by Crippen LogP contribution is -2.44. The smallest absolute Gasteiger partial charge is 0.324 e. The number of carboxylic acids is 1. The van der Waals surface area contributed by atoms with Crippen molar-refractivity contribution in [3.63, 3.8) is 0 Å². The Bertz CT molecular complexity index is 350. The summed E-state index contributed by atoms with van der Waals surface area (Å²) >= 11 is 0. The highest BCUT2D eigenvalue weighted by atomic mass is 32.2. The van der Waals surface area contributed by atoms with Crippen LogP contribution in [0.4, 0.5) is 0 Å². The Balaban J connectivity index is 4.34. The average molecular weight is 255 g/mol. The van der Waals surface area contributed by atoms with Crippen molar-refractivity contribution in [3.05, 3.63) is 0 Å². The first-order chi connectivity index (χ1) is 7.32. The summed E-state index contributed by atoms with van der Waals surface area (Å²) in [5, 5.41) is 17.1. The first kappa shape index (κ1) is 14.8. The molecule has 1 atom stereocenters. The number of aliphatic hydroxyl groups is 1. The number of carboxylic acid groups (broad SMARTS) is 1. The Labute approximate surface area is 92.3 Å². The van der Waals surface area contributed by atoms with Gasteiger partial charge in [0, 0.05) is 0 Å². The van der Waals surface area contributed by atoms with Crippen LogP contribution in [0.5, 0.6) is 0 Å². The number of rotatable bonds is 7. The van der Waals surface area contributed by atoms with Gasteiger partial charge in [-0.2, -0.15) is 4.72 Å². The van der Waals surface area contributed by atoms with E-state index in [-0.39, 0.29) is 6.42 Å². The highest BCUT2D eigenvalue weighted by Gasteiger charge is 2.23. The Morgan fingerprint density at radius 3 is 2.38 bits per heavy atom. The molecular weight excluding hydrogens is 242 g/mol. The molecule has 0 aromatic rings. The van der Waals surface area contributed by atoms with Gasteiger partial charge in [0.1, 0.15) is 6.04 Å². The standard InChI is InChI=1S/C7H13NO7S/c1-15-6(10)2-3-16(13,14)8-5(4-9)7(11)12/h5,8-9H,2-4H2,1H3,(H,11,12)/t5-/m0/s1. The third kappa shape index (κ3) is 5.63. The lowest BCUT2D eigenvalue weighted by atomic mass is 10.3. The third-order valence-corrected chi connectivity index (χ3v) is 2.99. The largest absolute Gasteiger partial charge is 0.480 e. The SMILES string of the molecule is COC(=O)CCS(=O)(=O)N[C@@H](CO)C(=O)O. The van der Waals surface area contributed by atoms with E-state index in [1.54, 1.807) is 4.72 Å². The fraction of sp³-hybridized carbons (Fsp3) is 0.714. The second-order valence-electron chi connectivity index (χ2n) is 2.84. The monoisotopic (exact) mass is 255 g/mol. The van der Waals surface area contributed by atoms with Gasteiger partial charge in [0.15, 0.2) is 0 Å². The summed E-state index contributed by atoms with van der Waals surface area (Å²) in [7, 11) is -2.83. The van der Waals surface area contributed by atoms with E-state index < -0.39 is 40.4 Å². The zero-order chi connectivity index (χ0) is 12.8. The van der Waals surface area contributed by atoms with Crippen molar-refractivity contribution in [1.82, 2.24) is 4.72 Å². The molecule has 8 nitrogen and oxygen atoms in total. The summed E-state index contributed by atoms with van der Waals surface area (Å²) in [6.07, 6.45) is -0.385. The molecule has 0 heterocycles. The molecule has 0 aromatic heterocycles. The van der Waals surface area contributed by atoms with Gasteiger partial charge in [0.05, 0.1) is 25.9 Å². The van der Waals surface area contributed by atoms with Crippen LogP contribution >= 0.6 is 0 Å². The van der Waals surface area contributed by atoms with Crippen molar-refractivity contribution in [1.29, 1.82) is 0 Å². The summed E-state index contributed by atoms with van der Waals surface area (Å²) in [6.45, 7) is -0.868. The summed E-state index contributed by atoms with van der Waals surface area (Å²) in [6, 6.07) is -1.61. The number of aliphatic carboxylic acids is 1. The van der Waals surface area contributed by atoms with Gasteiger partial charge in [0.25, 0.3) is 0 Å². The molecule has 0 bridgehead atoms. The fourth-order valence-electron chi connectivity index (χ4n) is 0.761.